The zero-order valence-electron chi connectivity index (χ0n) is 19.7. The van der Waals surface area contributed by atoms with Crippen LogP contribution in [0.3, 0.4) is 0 Å². The first-order chi connectivity index (χ1) is 16.0. The third-order valence-corrected chi connectivity index (χ3v) is 7.88. The highest BCUT2D eigenvalue weighted by molar-refractivity contribution is 5.88. The van der Waals surface area contributed by atoms with E-state index in [0.29, 0.717) is 24.5 Å². The number of carbonyl (C=O) groups is 3. The summed E-state index contributed by atoms with van der Waals surface area (Å²) in [6, 6.07) is 1.89. The van der Waals surface area contributed by atoms with E-state index in [2.05, 4.69) is 0 Å². The van der Waals surface area contributed by atoms with Crippen molar-refractivity contribution in [2.75, 3.05) is 6.61 Å². The summed E-state index contributed by atoms with van der Waals surface area (Å²) in [5.74, 6) is -0.966. The summed E-state index contributed by atoms with van der Waals surface area (Å²) in [5, 5.41) is 0. The molecule has 10 nitrogen and oxygen atoms in total. The maximum atomic E-state index is 13.1. The number of ether oxygens (including phenoxy) is 6. The summed E-state index contributed by atoms with van der Waals surface area (Å²) in [7, 11) is 0. The van der Waals surface area contributed by atoms with E-state index in [4.69, 9.17) is 32.8 Å². The van der Waals surface area contributed by atoms with Gasteiger partial charge in [-0.3, -0.25) is 9.59 Å². The molecule has 0 aliphatic carbocycles. The molecular weight excluding hydrogens is 448 g/mol. The average molecular weight is 476 g/mol. The van der Waals surface area contributed by atoms with Gasteiger partial charge < -0.3 is 32.8 Å². The summed E-state index contributed by atoms with van der Waals surface area (Å²) < 4.78 is 41.2. The standard InChI is InChI=1S/C24H28O10/c1-10-6-14-19-22(4,33-19)8-15-20-24(34-20,21(27)32-15)16(29-11(2)25)7-13(23(5)9-28-23)18(17(10)31-14)30-12(3)26/h6,13,15-16,18-20H,7-9H2,1-5H3/t13-,15+,16-,18+,19-,20+,22-,23?,24+/m0/s1. The van der Waals surface area contributed by atoms with Crippen LogP contribution in [-0.4, -0.2) is 59.6 Å². The Morgan fingerprint density at radius 1 is 1.09 bits per heavy atom. The first-order valence-corrected chi connectivity index (χ1v) is 11.6. The number of hydrogen-bond donors (Lipinski definition) is 0. The molecule has 0 spiro atoms. The molecule has 5 aliphatic rings. The molecule has 34 heavy (non-hydrogen) atoms. The van der Waals surface area contributed by atoms with Crippen molar-refractivity contribution < 1.29 is 47.2 Å². The Kier molecular flexibility index (Phi) is 4.43. The van der Waals surface area contributed by atoms with Crippen LogP contribution in [0.1, 0.15) is 69.8 Å². The Labute approximate surface area is 196 Å². The summed E-state index contributed by atoms with van der Waals surface area (Å²) >= 11 is 0. The number of epoxide rings is 3. The molecule has 10 heteroatoms. The van der Waals surface area contributed by atoms with E-state index in [9.17, 15) is 14.4 Å². The molecule has 1 unspecified atom stereocenters. The van der Waals surface area contributed by atoms with Crippen LogP contribution in [0.2, 0.25) is 0 Å². The van der Waals surface area contributed by atoms with Crippen LogP contribution in [0.4, 0.5) is 0 Å². The van der Waals surface area contributed by atoms with E-state index in [0.717, 1.165) is 5.56 Å². The number of esters is 3. The van der Waals surface area contributed by atoms with Gasteiger partial charge in [-0.1, -0.05) is 0 Å². The van der Waals surface area contributed by atoms with Crippen molar-refractivity contribution in [3.8, 4) is 0 Å². The fourth-order valence-corrected chi connectivity index (χ4v) is 5.86. The molecule has 9 atom stereocenters. The van der Waals surface area contributed by atoms with Gasteiger partial charge in [0.1, 0.15) is 41.5 Å². The van der Waals surface area contributed by atoms with Crippen LogP contribution >= 0.6 is 0 Å². The monoisotopic (exact) mass is 476 g/mol. The van der Waals surface area contributed by atoms with Gasteiger partial charge in [0.2, 0.25) is 5.60 Å². The van der Waals surface area contributed by atoms with Crippen LogP contribution in [0.5, 0.6) is 0 Å². The van der Waals surface area contributed by atoms with Gasteiger partial charge >= 0.3 is 17.9 Å². The zero-order chi connectivity index (χ0) is 24.2. The number of aryl methyl sites for hydroxylation is 1. The molecule has 0 amide bonds. The van der Waals surface area contributed by atoms with E-state index in [1.54, 1.807) is 0 Å². The first kappa shape index (κ1) is 22.1. The molecular formula is C24H28O10. The Balaban J connectivity index is 1.48. The Bertz CT molecular complexity index is 1090. The van der Waals surface area contributed by atoms with Crippen molar-refractivity contribution in [3.63, 3.8) is 0 Å². The molecule has 6 heterocycles. The summed E-state index contributed by atoms with van der Waals surface area (Å²) in [4.78, 5) is 37.4. The maximum absolute atomic E-state index is 13.1. The minimum absolute atomic E-state index is 0.152. The van der Waals surface area contributed by atoms with Crippen molar-refractivity contribution in [3.05, 3.63) is 23.2 Å². The smallest absolute Gasteiger partial charge is 0.345 e. The van der Waals surface area contributed by atoms with Gasteiger partial charge in [0.05, 0.1) is 12.2 Å². The van der Waals surface area contributed by atoms with E-state index in [-0.39, 0.29) is 12.5 Å². The van der Waals surface area contributed by atoms with Gasteiger partial charge in [-0.05, 0) is 38.8 Å². The van der Waals surface area contributed by atoms with Crippen molar-refractivity contribution in [2.24, 2.45) is 5.92 Å². The highest BCUT2D eigenvalue weighted by atomic mass is 16.7. The fraction of sp³-hybridized carbons (Fsp3) is 0.708. The number of rotatable bonds is 3. The van der Waals surface area contributed by atoms with Crippen LogP contribution < -0.4 is 0 Å². The molecule has 0 aromatic carbocycles. The highest BCUT2D eigenvalue weighted by Crippen LogP contribution is 2.60. The second kappa shape index (κ2) is 6.83. The Morgan fingerprint density at radius 3 is 2.41 bits per heavy atom. The molecule has 4 saturated heterocycles. The zero-order valence-corrected chi connectivity index (χ0v) is 19.7. The van der Waals surface area contributed by atoms with Crippen molar-refractivity contribution in [1.82, 2.24) is 0 Å². The maximum Gasteiger partial charge on any atom is 0.345 e. The van der Waals surface area contributed by atoms with Crippen molar-refractivity contribution in [2.45, 2.75) is 94.8 Å². The molecule has 0 saturated carbocycles. The lowest BCUT2D eigenvalue weighted by Gasteiger charge is -2.32. The van der Waals surface area contributed by atoms with Gasteiger partial charge in [0, 0.05) is 26.2 Å². The molecule has 4 fully saturated rings. The Hall–Kier alpha value is -2.43. The van der Waals surface area contributed by atoms with Gasteiger partial charge in [0.25, 0.3) is 0 Å². The number of carbonyl (C=O) groups excluding carboxylic acids is 3. The molecule has 0 N–H and O–H groups in total. The van der Waals surface area contributed by atoms with Gasteiger partial charge in [-0.15, -0.1) is 0 Å². The molecule has 4 bridgehead atoms. The van der Waals surface area contributed by atoms with Crippen LogP contribution in [0, 0.1) is 12.8 Å². The SMILES string of the molecule is CC(=O)O[C@H]1C[C@H](C2(C)CO2)[C@@H](OC(C)=O)c2oc(cc2C)[C@@H]2O[C@@]2(C)C[C@H]2OC(=O)[C@@]13O[C@H]23. The lowest BCUT2D eigenvalue weighted by atomic mass is 9.79. The molecule has 1 aromatic heterocycles. The third-order valence-electron chi connectivity index (χ3n) is 7.88. The van der Waals surface area contributed by atoms with Crippen LogP contribution in [-0.2, 0) is 42.8 Å². The summed E-state index contributed by atoms with van der Waals surface area (Å²) in [6.07, 6.45) is -2.64. The first-order valence-electron chi connectivity index (χ1n) is 11.6. The van der Waals surface area contributed by atoms with Gasteiger partial charge in [-0.2, -0.15) is 0 Å². The van der Waals surface area contributed by atoms with Crippen molar-refractivity contribution in [1.29, 1.82) is 0 Å². The summed E-state index contributed by atoms with van der Waals surface area (Å²) in [5.41, 5.74) is -1.87. The second-order valence-corrected chi connectivity index (χ2v) is 10.6. The fourth-order valence-electron chi connectivity index (χ4n) is 5.86. The van der Waals surface area contributed by atoms with Crippen LogP contribution in [0.15, 0.2) is 10.5 Å². The molecule has 5 aliphatic heterocycles. The predicted octanol–water partition coefficient (Wildman–Crippen LogP) is 2.22. The number of fused-ring (bicyclic) bond motifs is 4. The lowest BCUT2D eigenvalue weighted by molar-refractivity contribution is -0.169. The highest BCUT2D eigenvalue weighted by Gasteiger charge is 2.79. The molecule has 1 aromatic rings. The number of furan rings is 1. The minimum Gasteiger partial charge on any atom is -0.459 e. The summed E-state index contributed by atoms with van der Waals surface area (Å²) in [6.45, 7) is 8.75. The van der Waals surface area contributed by atoms with E-state index < -0.39 is 65.0 Å². The van der Waals surface area contributed by atoms with E-state index >= 15 is 0 Å². The van der Waals surface area contributed by atoms with Gasteiger partial charge in [-0.25, -0.2) is 4.79 Å². The molecule has 0 radical (unpaired) electrons. The third kappa shape index (κ3) is 3.15. The van der Waals surface area contributed by atoms with E-state index in [1.165, 1.54) is 13.8 Å². The van der Waals surface area contributed by atoms with Crippen LogP contribution in [0.25, 0.3) is 0 Å². The largest absolute Gasteiger partial charge is 0.459 e. The molecule has 184 valence electrons. The predicted molar refractivity (Wildman–Crippen MR) is 110 cm³/mol. The lowest BCUT2D eigenvalue weighted by Crippen LogP contribution is -2.44. The Morgan fingerprint density at radius 2 is 1.79 bits per heavy atom. The van der Waals surface area contributed by atoms with Gasteiger partial charge in [0.15, 0.2) is 6.10 Å². The van der Waals surface area contributed by atoms with Crippen molar-refractivity contribution >= 4 is 17.9 Å². The quantitative estimate of drug-likeness (QED) is 0.364. The second-order valence-electron chi connectivity index (χ2n) is 10.6. The average Bonchev–Trinajstić information content (AvgIpc) is 3.67. The minimum atomic E-state index is -1.39. The number of hydrogen-bond acceptors (Lipinski definition) is 10. The topological polar surface area (TPSA) is 130 Å². The normalized spacial score (nSPS) is 46.0. The van der Waals surface area contributed by atoms with E-state index in [1.807, 2.05) is 26.8 Å². The molecule has 6 rings (SSSR count).